The van der Waals surface area contributed by atoms with Gasteiger partial charge in [-0.1, -0.05) is 62.4 Å². The first-order valence-electron chi connectivity index (χ1n) is 9.96. The molecule has 5 heteroatoms. The molecular formula is C23H29N3O2. The van der Waals surface area contributed by atoms with Crippen molar-refractivity contribution in [2.45, 2.75) is 20.3 Å². The van der Waals surface area contributed by atoms with Gasteiger partial charge in [-0.25, -0.2) is 0 Å². The third kappa shape index (κ3) is 5.42. The van der Waals surface area contributed by atoms with E-state index >= 15 is 0 Å². The molecule has 2 aromatic rings. The van der Waals surface area contributed by atoms with Gasteiger partial charge in [-0.05, 0) is 23.6 Å². The Bertz CT molecular complexity index is 797. The molecule has 0 radical (unpaired) electrons. The fourth-order valence-corrected chi connectivity index (χ4v) is 3.50. The van der Waals surface area contributed by atoms with E-state index < -0.39 is 0 Å². The van der Waals surface area contributed by atoms with E-state index in [2.05, 4.69) is 28.4 Å². The smallest absolute Gasteiger partial charge is 0.238 e. The average molecular weight is 380 g/mol. The summed E-state index contributed by atoms with van der Waals surface area (Å²) >= 11 is 0. The van der Waals surface area contributed by atoms with Crippen molar-refractivity contribution < 1.29 is 9.59 Å². The molecule has 1 N–H and O–H groups in total. The van der Waals surface area contributed by atoms with Crippen molar-refractivity contribution in [3.05, 3.63) is 65.7 Å². The van der Waals surface area contributed by atoms with E-state index in [1.807, 2.05) is 55.1 Å². The van der Waals surface area contributed by atoms with Crippen molar-refractivity contribution in [2.24, 2.45) is 5.92 Å². The maximum Gasteiger partial charge on any atom is 0.238 e. The van der Waals surface area contributed by atoms with Gasteiger partial charge in [-0.2, -0.15) is 0 Å². The molecule has 0 spiro atoms. The number of nitrogens with one attached hydrogen (secondary N) is 1. The zero-order valence-electron chi connectivity index (χ0n) is 16.7. The number of piperazine rings is 1. The van der Waals surface area contributed by atoms with Crippen molar-refractivity contribution in [3.63, 3.8) is 0 Å². The number of benzene rings is 2. The molecule has 0 aromatic heterocycles. The highest BCUT2D eigenvalue weighted by Crippen LogP contribution is 2.19. The Balaban J connectivity index is 1.54. The molecule has 1 aliphatic heterocycles. The lowest BCUT2D eigenvalue weighted by molar-refractivity contribution is -0.136. The Morgan fingerprint density at radius 2 is 1.57 bits per heavy atom. The van der Waals surface area contributed by atoms with Crippen LogP contribution in [0.3, 0.4) is 0 Å². The second-order valence-electron chi connectivity index (χ2n) is 7.62. The largest absolute Gasteiger partial charge is 0.340 e. The lowest BCUT2D eigenvalue weighted by atomic mass is 10.0. The molecule has 0 bridgehead atoms. The number of hydrogen-bond donors (Lipinski definition) is 1. The number of carbonyl (C=O) groups is 2. The number of para-hydroxylation sites is 1. The molecule has 1 heterocycles. The molecule has 0 unspecified atom stereocenters. The van der Waals surface area contributed by atoms with Crippen LogP contribution in [-0.4, -0.2) is 54.3 Å². The second kappa shape index (κ2) is 9.51. The van der Waals surface area contributed by atoms with Crippen molar-refractivity contribution in [1.29, 1.82) is 0 Å². The van der Waals surface area contributed by atoms with Crippen LogP contribution in [0.5, 0.6) is 0 Å². The quantitative estimate of drug-likeness (QED) is 0.839. The van der Waals surface area contributed by atoms with Crippen molar-refractivity contribution in [2.75, 3.05) is 38.0 Å². The lowest BCUT2D eigenvalue weighted by Gasteiger charge is -2.35. The fraction of sp³-hybridized carbons (Fsp3) is 0.391. The topological polar surface area (TPSA) is 52.7 Å². The number of amides is 2. The zero-order valence-corrected chi connectivity index (χ0v) is 16.7. The summed E-state index contributed by atoms with van der Waals surface area (Å²) in [6, 6.07) is 18.2. The molecular weight excluding hydrogens is 350 g/mol. The van der Waals surface area contributed by atoms with Gasteiger partial charge in [0.25, 0.3) is 0 Å². The zero-order chi connectivity index (χ0) is 19.9. The molecule has 2 amide bonds. The molecule has 3 rings (SSSR count). The van der Waals surface area contributed by atoms with Crippen LogP contribution in [0.2, 0.25) is 0 Å². The predicted octanol–water partition coefficient (Wildman–Crippen LogP) is 3.02. The minimum absolute atomic E-state index is 0.0100. The number of anilines is 1. The van der Waals surface area contributed by atoms with Gasteiger partial charge in [0.05, 0.1) is 6.54 Å². The van der Waals surface area contributed by atoms with E-state index in [-0.39, 0.29) is 17.7 Å². The van der Waals surface area contributed by atoms with Gasteiger partial charge in [0.1, 0.15) is 0 Å². The van der Waals surface area contributed by atoms with Gasteiger partial charge in [-0.15, -0.1) is 0 Å². The van der Waals surface area contributed by atoms with E-state index in [9.17, 15) is 9.59 Å². The van der Waals surface area contributed by atoms with Crippen molar-refractivity contribution in [1.82, 2.24) is 9.80 Å². The minimum Gasteiger partial charge on any atom is -0.340 e. The summed E-state index contributed by atoms with van der Waals surface area (Å²) < 4.78 is 0. The highest BCUT2D eigenvalue weighted by atomic mass is 16.2. The fourth-order valence-electron chi connectivity index (χ4n) is 3.50. The Morgan fingerprint density at radius 3 is 2.25 bits per heavy atom. The van der Waals surface area contributed by atoms with Gasteiger partial charge in [0, 0.05) is 37.8 Å². The van der Waals surface area contributed by atoms with Crippen LogP contribution < -0.4 is 5.32 Å². The summed E-state index contributed by atoms with van der Waals surface area (Å²) in [5.74, 6) is 0.207. The minimum atomic E-state index is -0.0100. The molecule has 0 saturated carbocycles. The summed E-state index contributed by atoms with van der Waals surface area (Å²) in [6.07, 6.45) is 0.785. The number of hydrogen-bond acceptors (Lipinski definition) is 3. The van der Waals surface area contributed by atoms with Gasteiger partial charge >= 0.3 is 0 Å². The third-order valence-electron chi connectivity index (χ3n) is 5.07. The van der Waals surface area contributed by atoms with Gasteiger partial charge in [-0.3, -0.25) is 14.5 Å². The van der Waals surface area contributed by atoms with E-state index in [0.29, 0.717) is 19.6 Å². The monoisotopic (exact) mass is 379 g/mol. The highest BCUT2D eigenvalue weighted by Gasteiger charge is 2.23. The molecule has 28 heavy (non-hydrogen) atoms. The first kappa shape index (κ1) is 20.1. The van der Waals surface area contributed by atoms with Gasteiger partial charge in [0.2, 0.25) is 11.8 Å². The van der Waals surface area contributed by atoms with Crippen LogP contribution in [0, 0.1) is 5.92 Å². The molecule has 5 nitrogen and oxygen atoms in total. The SMILES string of the molecule is CC(C)C(=O)N1CCN(CC(=O)Nc2ccccc2Cc2ccccc2)CC1. The van der Waals surface area contributed by atoms with Crippen molar-refractivity contribution >= 4 is 17.5 Å². The molecule has 1 saturated heterocycles. The van der Waals surface area contributed by atoms with Crippen LogP contribution in [0.15, 0.2) is 54.6 Å². The molecule has 0 aliphatic carbocycles. The van der Waals surface area contributed by atoms with Crippen LogP contribution in [-0.2, 0) is 16.0 Å². The molecule has 1 aliphatic rings. The maximum atomic E-state index is 12.6. The van der Waals surface area contributed by atoms with Crippen LogP contribution in [0.4, 0.5) is 5.69 Å². The summed E-state index contributed by atoms with van der Waals surface area (Å²) in [4.78, 5) is 28.7. The van der Waals surface area contributed by atoms with Crippen molar-refractivity contribution in [3.8, 4) is 0 Å². The normalized spacial score (nSPS) is 14.9. The number of rotatable bonds is 6. The Hall–Kier alpha value is -2.66. The Morgan fingerprint density at radius 1 is 0.929 bits per heavy atom. The maximum absolute atomic E-state index is 12.6. The number of nitrogens with zero attached hydrogens (tertiary/aromatic N) is 2. The van der Waals surface area contributed by atoms with Gasteiger partial charge in [0.15, 0.2) is 0 Å². The second-order valence-corrected chi connectivity index (χ2v) is 7.62. The predicted molar refractivity (Wildman–Crippen MR) is 112 cm³/mol. The molecule has 1 fully saturated rings. The van der Waals surface area contributed by atoms with Gasteiger partial charge < -0.3 is 10.2 Å². The van der Waals surface area contributed by atoms with E-state index in [1.165, 1.54) is 5.56 Å². The Kier molecular flexibility index (Phi) is 6.82. The van der Waals surface area contributed by atoms with E-state index in [1.54, 1.807) is 0 Å². The van der Waals surface area contributed by atoms with E-state index in [0.717, 1.165) is 30.8 Å². The number of carbonyl (C=O) groups excluding carboxylic acids is 2. The first-order chi connectivity index (χ1) is 13.5. The summed E-state index contributed by atoms with van der Waals surface area (Å²) in [6.45, 7) is 7.05. The first-order valence-corrected chi connectivity index (χ1v) is 9.96. The van der Waals surface area contributed by atoms with E-state index in [4.69, 9.17) is 0 Å². The lowest BCUT2D eigenvalue weighted by Crippen LogP contribution is -2.51. The van der Waals surface area contributed by atoms with Crippen LogP contribution >= 0.6 is 0 Å². The standard InChI is InChI=1S/C23H29N3O2/c1-18(2)23(28)26-14-12-25(13-15-26)17-22(27)24-21-11-7-6-10-20(21)16-19-8-4-3-5-9-19/h3-11,18H,12-17H2,1-2H3,(H,24,27). The molecule has 148 valence electrons. The Labute approximate surface area is 167 Å². The summed E-state index contributed by atoms with van der Waals surface area (Å²) in [5.41, 5.74) is 3.19. The van der Waals surface area contributed by atoms with Crippen LogP contribution in [0.1, 0.15) is 25.0 Å². The summed E-state index contributed by atoms with van der Waals surface area (Å²) in [5, 5.41) is 3.07. The van der Waals surface area contributed by atoms with Crippen LogP contribution in [0.25, 0.3) is 0 Å². The third-order valence-corrected chi connectivity index (χ3v) is 5.07. The molecule has 2 aromatic carbocycles. The summed E-state index contributed by atoms with van der Waals surface area (Å²) in [7, 11) is 0. The molecule has 0 atom stereocenters. The average Bonchev–Trinajstić information content (AvgIpc) is 2.70. The highest BCUT2D eigenvalue weighted by molar-refractivity contribution is 5.93.